The van der Waals surface area contributed by atoms with Crippen LogP contribution in [0.2, 0.25) is 5.02 Å². The number of amidine groups is 1. The van der Waals surface area contributed by atoms with E-state index in [-0.39, 0.29) is 17.7 Å². The number of hydrogen-bond donors (Lipinski definition) is 3. The summed E-state index contributed by atoms with van der Waals surface area (Å²) >= 11 is 5.86. The number of hydroxylamine groups is 1. The van der Waals surface area contributed by atoms with E-state index in [1.165, 1.54) is 4.90 Å². The Hall–Kier alpha value is -3.16. The zero-order valence-electron chi connectivity index (χ0n) is 20.0. The Kier molecular flexibility index (Phi) is 9.41. The minimum Gasteiger partial charge on any atom is -0.392 e. The SMILES string of the molecule is CN(C)C(=O)[C@H]1CC[C@H](NC(=O)C(=Nc2ccc(Cl)cc2)NO)C(C#[N+]C(=O)OC(C)(C)C)C1. The van der Waals surface area contributed by atoms with Gasteiger partial charge in [-0.05, 0) is 64.3 Å². The average molecular weight is 493 g/mol. The van der Waals surface area contributed by atoms with E-state index in [1.54, 1.807) is 59.1 Å². The lowest BCUT2D eigenvalue weighted by molar-refractivity contribution is -0.134. The minimum absolute atomic E-state index is 0.0455. The van der Waals surface area contributed by atoms with Crippen molar-refractivity contribution in [3.63, 3.8) is 0 Å². The highest BCUT2D eigenvalue weighted by Crippen LogP contribution is 2.30. The first-order valence-corrected chi connectivity index (χ1v) is 11.2. The maximum Gasteiger partial charge on any atom is 0.728 e. The summed E-state index contributed by atoms with van der Waals surface area (Å²) in [5.41, 5.74) is 1.51. The summed E-state index contributed by atoms with van der Waals surface area (Å²) in [6.45, 7) is 5.16. The van der Waals surface area contributed by atoms with E-state index < -0.39 is 29.6 Å². The molecule has 0 saturated heterocycles. The molecule has 0 bridgehead atoms. The molecule has 34 heavy (non-hydrogen) atoms. The van der Waals surface area contributed by atoms with Gasteiger partial charge in [0, 0.05) is 31.1 Å². The number of halogens is 1. The number of carbonyl (C=O) groups is 3. The van der Waals surface area contributed by atoms with Gasteiger partial charge < -0.3 is 15.0 Å². The summed E-state index contributed by atoms with van der Waals surface area (Å²) in [5, 5.41) is 12.8. The van der Waals surface area contributed by atoms with Crippen LogP contribution < -0.4 is 10.8 Å². The smallest absolute Gasteiger partial charge is 0.392 e. The Morgan fingerprint density at radius 3 is 2.41 bits per heavy atom. The Labute approximate surface area is 204 Å². The lowest BCUT2D eigenvalue weighted by atomic mass is 9.78. The number of hydrogen-bond acceptors (Lipinski definition) is 6. The minimum atomic E-state index is -0.805. The molecule has 0 aliphatic heterocycles. The lowest BCUT2D eigenvalue weighted by Gasteiger charge is -2.32. The number of ether oxygens (including phenoxy) is 1. The standard InChI is InChI=1S/C23H30ClN5O5/c1-23(2,3)34-22(32)25-13-15-12-14(21(31)29(4)5)6-11-18(15)27-20(30)19(28-33)26-17-9-7-16(24)8-10-17/h7-10,14-15,18H,6,11-12H2,1-5H3,(H2-,26,27,28,30,33)/p+1/t14-,15?,18-/m0/s1. The molecule has 1 aliphatic rings. The molecule has 0 radical (unpaired) electrons. The van der Waals surface area contributed by atoms with E-state index in [9.17, 15) is 19.6 Å². The molecule has 10 nitrogen and oxygen atoms in total. The van der Waals surface area contributed by atoms with Crippen molar-refractivity contribution in [2.75, 3.05) is 14.1 Å². The van der Waals surface area contributed by atoms with Crippen molar-refractivity contribution in [3.8, 4) is 6.07 Å². The summed E-state index contributed by atoms with van der Waals surface area (Å²) in [6.07, 6.45) is 0.505. The molecule has 1 aromatic rings. The molecule has 3 atom stereocenters. The molecule has 2 rings (SSSR count). The highest BCUT2D eigenvalue weighted by molar-refractivity contribution is 6.38. The second kappa shape index (κ2) is 11.8. The Morgan fingerprint density at radius 2 is 1.85 bits per heavy atom. The molecule has 1 aliphatic carbocycles. The van der Waals surface area contributed by atoms with Crippen molar-refractivity contribution in [2.24, 2.45) is 16.8 Å². The molecular formula is C23H31ClN5O5+. The van der Waals surface area contributed by atoms with Gasteiger partial charge in [0.05, 0.1) is 10.5 Å². The number of nitrogens with one attached hydrogen (secondary N) is 2. The number of benzene rings is 1. The van der Waals surface area contributed by atoms with Crippen LogP contribution in [-0.2, 0) is 14.3 Å². The summed E-state index contributed by atoms with van der Waals surface area (Å²) in [5.74, 6) is -1.86. The summed E-state index contributed by atoms with van der Waals surface area (Å²) in [7, 11) is 3.35. The van der Waals surface area contributed by atoms with Gasteiger partial charge in [-0.15, -0.1) is 0 Å². The molecule has 3 N–H and O–H groups in total. The van der Waals surface area contributed by atoms with Crippen LogP contribution in [0.25, 0.3) is 4.85 Å². The van der Waals surface area contributed by atoms with Crippen molar-refractivity contribution in [1.82, 2.24) is 15.7 Å². The molecule has 1 saturated carbocycles. The van der Waals surface area contributed by atoms with E-state index in [0.717, 1.165) is 0 Å². The van der Waals surface area contributed by atoms with Gasteiger partial charge in [0.2, 0.25) is 11.7 Å². The van der Waals surface area contributed by atoms with Crippen LogP contribution in [0.3, 0.4) is 0 Å². The number of amides is 3. The van der Waals surface area contributed by atoms with Gasteiger partial charge in [0.1, 0.15) is 11.5 Å². The molecule has 0 aromatic heterocycles. The van der Waals surface area contributed by atoms with Crippen molar-refractivity contribution in [1.29, 1.82) is 0 Å². The fourth-order valence-electron chi connectivity index (χ4n) is 3.50. The Balaban J connectivity index is 2.22. The molecule has 184 valence electrons. The topological polar surface area (TPSA) is 125 Å². The monoisotopic (exact) mass is 492 g/mol. The fraction of sp³-hybridized carbons (Fsp3) is 0.522. The molecule has 1 fully saturated rings. The number of aliphatic imine (C=N–C) groups is 1. The summed E-state index contributed by atoms with van der Waals surface area (Å²) < 4.78 is 5.19. The van der Waals surface area contributed by atoms with Crippen LogP contribution in [0.1, 0.15) is 40.0 Å². The van der Waals surface area contributed by atoms with Gasteiger partial charge in [0.25, 0.3) is 12.0 Å². The quantitative estimate of drug-likeness (QED) is 0.336. The molecular weight excluding hydrogens is 462 g/mol. The first-order chi connectivity index (χ1) is 15.9. The van der Waals surface area contributed by atoms with E-state index in [2.05, 4.69) is 21.2 Å². The molecule has 1 aromatic carbocycles. The van der Waals surface area contributed by atoms with Gasteiger partial charge in [0.15, 0.2) is 0 Å². The van der Waals surface area contributed by atoms with Crippen LogP contribution in [0, 0.1) is 17.9 Å². The van der Waals surface area contributed by atoms with Crippen LogP contribution >= 0.6 is 11.6 Å². The second-order valence-corrected chi connectivity index (χ2v) is 9.64. The van der Waals surface area contributed by atoms with Gasteiger partial charge in [-0.1, -0.05) is 11.6 Å². The van der Waals surface area contributed by atoms with Crippen LogP contribution in [0.4, 0.5) is 10.5 Å². The maximum atomic E-state index is 12.8. The number of nitrogens with zero attached hydrogens (tertiary/aromatic N) is 3. The highest BCUT2D eigenvalue weighted by atomic mass is 35.5. The van der Waals surface area contributed by atoms with Crippen molar-refractivity contribution < 1.29 is 24.3 Å². The average Bonchev–Trinajstić information content (AvgIpc) is 2.76. The van der Waals surface area contributed by atoms with E-state index in [1.807, 2.05) is 5.48 Å². The van der Waals surface area contributed by atoms with Crippen LogP contribution in [0.5, 0.6) is 0 Å². The fourth-order valence-corrected chi connectivity index (χ4v) is 3.63. The number of carbonyl (C=O) groups excluding carboxylic acids is 3. The molecule has 1 unspecified atom stereocenters. The summed E-state index contributed by atoms with van der Waals surface area (Å²) in [4.78, 5) is 46.7. The van der Waals surface area contributed by atoms with Gasteiger partial charge in [-0.3, -0.25) is 14.8 Å². The summed E-state index contributed by atoms with van der Waals surface area (Å²) in [6, 6.07) is 8.67. The largest absolute Gasteiger partial charge is 0.728 e. The first kappa shape index (κ1) is 27.1. The first-order valence-electron chi connectivity index (χ1n) is 10.8. The zero-order chi connectivity index (χ0) is 25.5. The van der Waals surface area contributed by atoms with E-state index in [0.29, 0.717) is 30.0 Å². The third-order valence-electron chi connectivity index (χ3n) is 5.06. The van der Waals surface area contributed by atoms with Crippen molar-refractivity contribution in [2.45, 2.75) is 51.7 Å². The third kappa shape index (κ3) is 8.32. The van der Waals surface area contributed by atoms with Crippen LogP contribution in [-0.4, -0.2) is 59.6 Å². The van der Waals surface area contributed by atoms with Crippen LogP contribution in [0.15, 0.2) is 29.3 Å². The Bertz CT molecular complexity index is 992. The molecule has 0 spiro atoms. The zero-order valence-corrected chi connectivity index (χ0v) is 20.7. The third-order valence-corrected chi connectivity index (χ3v) is 5.31. The predicted octanol–water partition coefficient (Wildman–Crippen LogP) is 3.61. The molecule has 0 heterocycles. The molecule has 11 heteroatoms. The molecule has 3 amide bonds. The maximum absolute atomic E-state index is 12.8. The number of rotatable bonds is 3. The second-order valence-electron chi connectivity index (χ2n) is 9.20. The van der Waals surface area contributed by atoms with E-state index >= 15 is 0 Å². The normalized spacial score (nSPS) is 20.4. The van der Waals surface area contributed by atoms with Crippen molar-refractivity contribution >= 4 is 41.0 Å². The lowest BCUT2D eigenvalue weighted by Crippen LogP contribution is -2.49. The predicted molar refractivity (Wildman–Crippen MR) is 128 cm³/mol. The van der Waals surface area contributed by atoms with Gasteiger partial charge >= 0.3 is 6.09 Å². The Morgan fingerprint density at radius 1 is 1.21 bits per heavy atom. The van der Waals surface area contributed by atoms with Gasteiger partial charge in [-0.25, -0.2) is 10.5 Å². The van der Waals surface area contributed by atoms with Gasteiger partial charge in [-0.2, -0.15) is 4.79 Å². The van der Waals surface area contributed by atoms with Crippen molar-refractivity contribution in [3.05, 3.63) is 34.1 Å². The van der Waals surface area contributed by atoms with E-state index in [4.69, 9.17) is 16.3 Å². The highest BCUT2D eigenvalue weighted by Gasteiger charge is 2.38.